The molecule has 1 aromatic carbocycles. The third-order valence-corrected chi connectivity index (χ3v) is 9.10. The van der Waals surface area contributed by atoms with Gasteiger partial charge in [0.05, 0.1) is 17.8 Å². The topological polar surface area (TPSA) is 90.9 Å². The third-order valence-electron chi connectivity index (χ3n) is 6.97. The quantitative estimate of drug-likeness (QED) is 0.350. The van der Waals surface area contributed by atoms with Crippen molar-refractivity contribution in [3.63, 3.8) is 0 Å². The maximum absolute atomic E-state index is 13.3. The van der Waals surface area contributed by atoms with Crippen molar-refractivity contribution in [2.75, 3.05) is 12.3 Å². The summed E-state index contributed by atoms with van der Waals surface area (Å²) in [6, 6.07) is 5.20. The molecule has 39 heavy (non-hydrogen) atoms. The zero-order valence-corrected chi connectivity index (χ0v) is 23.0. The van der Waals surface area contributed by atoms with Crippen molar-refractivity contribution in [2.45, 2.75) is 88.4 Å². The van der Waals surface area contributed by atoms with Gasteiger partial charge in [0.15, 0.2) is 5.75 Å². The molecule has 1 saturated carbocycles. The van der Waals surface area contributed by atoms with Crippen LogP contribution in [0.5, 0.6) is 0 Å². The average molecular weight is 605 g/mol. The number of carbonyl (C=O) groups is 1. The minimum Gasteiger partial charge on any atom is -0.360 e. The first-order valence-electron chi connectivity index (χ1n) is 12.3. The fourth-order valence-corrected chi connectivity index (χ4v) is 6.80. The molecule has 3 rings (SSSR count). The Morgan fingerprint density at radius 2 is 1.74 bits per heavy atom. The molecule has 2 N–H and O–H groups in total. The number of amidine groups is 1. The Bertz CT molecular complexity index is 1170. The van der Waals surface area contributed by atoms with Crippen molar-refractivity contribution in [2.24, 2.45) is 4.99 Å². The summed E-state index contributed by atoms with van der Waals surface area (Å²) in [5.41, 5.74) is -1.62. The fourth-order valence-electron chi connectivity index (χ4n) is 4.89. The number of alkyl halides is 6. The van der Waals surface area contributed by atoms with Crippen LogP contribution < -0.4 is 10.6 Å². The maximum atomic E-state index is 13.3. The standard InChI is InChI=1S/C24H31ClF6N4O3S/c1-21(2)19(20(36)32-13-12-23(26,27)28)33-18(34-21)8-11-22(9-3-10-22)35(39(37,38)15-24(29,30)31)14-16-4-6-17(25)7-5-16/h4-7,19H,3,8-15H2,1-2H3,(H,32,36)(H,33,34)/t19-/m0/s1. The highest BCUT2D eigenvalue weighted by Gasteiger charge is 2.51. The smallest absolute Gasteiger partial charge is 0.360 e. The molecule has 7 nitrogen and oxygen atoms in total. The molecular formula is C24H31ClF6N4O3S. The number of sulfonamides is 1. The minimum atomic E-state index is -4.93. The monoisotopic (exact) mass is 604 g/mol. The van der Waals surface area contributed by atoms with E-state index in [1.807, 2.05) is 0 Å². The molecule has 1 heterocycles. The second kappa shape index (κ2) is 11.4. The lowest BCUT2D eigenvalue weighted by Gasteiger charge is -2.49. The molecule has 1 aliphatic heterocycles. The van der Waals surface area contributed by atoms with Gasteiger partial charge in [-0.1, -0.05) is 23.7 Å². The van der Waals surface area contributed by atoms with E-state index in [0.29, 0.717) is 35.7 Å². The molecule has 1 aromatic rings. The van der Waals surface area contributed by atoms with Gasteiger partial charge in [0.1, 0.15) is 6.04 Å². The number of amides is 1. The first-order valence-corrected chi connectivity index (χ1v) is 14.3. The van der Waals surface area contributed by atoms with E-state index in [2.05, 4.69) is 15.6 Å². The van der Waals surface area contributed by atoms with E-state index in [4.69, 9.17) is 11.6 Å². The zero-order chi connectivity index (χ0) is 29.3. The van der Waals surface area contributed by atoms with E-state index in [1.54, 1.807) is 26.0 Å². The van der Waals surface area contributed by atoms with Crippen LogP contribution in [0.4, 0.5) is 26.3 Å². The molecule has 0 radical (unpaired) electrons. The van der Waals surface area contributed by atoms with Crippen molar-refractivity contribution in [1.29, 1.82) is 0 Å². The molecule has 0 unspecified atom stereocenters. The van der Waals surface area contributed by atoms with Crippen molar-refractivity contribution in [1.82, 2.24) is 14.9 Å². The molecular weight excluding hydrogens is 574 g/mol. The summed E-state index contributed by atoms with van der Waals surface area (Å²) < 4.78 is 104. The van der Waals surface area contributed by atoms with Crippen molar-refractivity contribution < 1.29 is 39.6 Å². The van der Waals surface area contributed by atoms with Crippen molar-refractivity contribution in [3.8, 4) is 0 Å². The number of carbonyl (C=O) groups excluding carboxylic acids is 1. The molecule has 0 bridgehead atoms. The van der Waals surface area contributed by atoms with Crippen LogP contribution in [0.2, 0.25) is 5.02 Å². The van der Waals surface area contributed by atoms with E-state index >= 15 is 0 Å². The van der Waals surface area contributed by atoms with Crippen LogP contribution in [0.15, 0.2) is 29.3 Å². The second-order valence-electron chi connectivity index (χ2n) is 10.5. The Hall–Kier alpha value is -2.06. The van der Waals surface area contributed by atoms with Gasteiger partial charge in [-0.3, -0.25) is 9.79 Å². The molecule has 220 valence electrons. The fraction of sp³-hybridized carbons (Fsp3) is 0.667. The van der Waals surface area contributed by atoms with Crippen LogP contribution >= 0.6 is 11.6 Å². The summed E-state index contributed by atoms with van der Waals surface area (Å²) in [5.74, 6) is -2.33. The van der Waals surface area contributed by atoms with Gasteiger partial charge in [-0.25, -0.2) is 8.42 Å². The van der Waals surface area contributed by atoms with Gasteiger partial charge >= 0.3 is 12.4 Å². The molecule has 0 aromatic heterocycles. The van der Waals surface area contributed by atoms with E-state index in [9.17, 15) is 39.6 Å². The first-order chi connectivity index (χ1) is 17.8. The summed E-state index contributed by atoms with van der Waals surface area (Å²) in [6.45, 7) is 2.39. The molecule has 1 fully saturated rings. The number of aliphatic imine (C=N–C) groups is 1. The third kappa shape index (κ3) is 8.46. The van der Waals surface area contributed by atoms with Gasteiger partial charge in [0, 0.05) is 30.1 Å². The van der Waals surface area contributed by atoms with Crippen molar-refractivity contribution >= 4 is 33.4 Å². The van der Waals surface area contributed by atoms with Gasteiger partial charge in [-0.2, -0.15) is 30.6 Å². The summed E-state index contributed by atoms with van der Waals surface area (Å²) in [4.78, 5) is 17.0. The maximum Gasteiger partial charge on any atom is 0.404 e. The Balaban J connectivity index is 1.76. The summed E-state index contributed by atoms with van der Waals surface area (Å²) in [5, 5.41) is 5.56. The number of rotatable bonds is 11. The van der Waals surface area contributed by atoms with Gasteiger partial charge in [-0.05, 0) is 57.2 Å². The van der Waals surface area contributed by atoms with E-state index < -0.39 is 64.1 Å². The normalized spacial score (nSPS) is 20.8. The van der Waals surface area contributed by atoms with Crippen LogP contribution in [0.25, 0.3) is 0 Å². The van der Waals surface area contributed by atoms with Gasteiger partial charge in [0.2, 0.25) is 15.9 Å². The SMILES string of the molecule is CC1(C)N=C(CCC2(N(Cc3ccc(Cl)cc3)S(=O)(=O)CC(F)(F)F)CCC2)N[C@H]1C(=O)NCCC(F)(F)F. The highest BCUT2D eigenvalue weighted by atomic mass is 35.5. The predicted octanol–water partition coefficient (Wildman–Crippen LogP) is 4.95. The Labute approximate surface area is 228 Å². The summed E-state index contributed by atoms with van der Waals surface area (Å²) in [7, 11) is -4.76. The number of hydrogen-bond acceptors (Lipinski definition) is 5. The van der Waals surface area contributed by atoms with Crippen LogP contribution in [0, 0.1) is 0 Å². The Kier molecular flexibility index (Phi) is 9.23. The first kappa shape index (κ1) is 31.5. The van der Waals surface area contributed by atoms with E-state index in [1.165, 1.54) is 12.1 Å². The van der Waals surface area contributed by atoms with Crippen molar-refractivity contribution in [3.05, 3.63) is 34.9 Å². The lowest BCUT2D eigenvalue weighted by Crippen LogP contribution is -2.57. The minimum absolute atomic E-state index is 0.133. The Morgan fingerprint density at radius 1 is 1.13 bits per heavy atom. The molecule has 1 amide bonds. The highest BCUT2D eigenvalue weighted by Crippen LogP contribution is 2.45. The van der Waals surface area contributed by atoms with Crippen LogP contribution in [-0.2, 0) is 21.4 Å². The number of halogens is 7. The molecule has 0 saturated heterocycles. The van der Waals surface area contributed by atoms with Crippen LogP contribution in [-0.4, -0.2) is 66.2 Å². The second-order valence-corrected chi connectivity index (χ2v) is 12.9. The lowest BCUT2D eigenvalue weighted by molar-refractivity contribution is -0.136. The van der Waals surface area contributed by atoms with E-state index in [-0.39, 0.29) is 19.4 Å². The highest BCUT2D eigenvalue weighted by molar-refractivity contribution is 7.89. The van der Waals surface area contributed by atoms with Gasteiger partial charge in [-0.15, -0.1) is 0 Å². The predicted molar refractivity (Wildman–Crippen MR) is 135 cm³/mol. The van der Waals surface area contributed by atoms with Gasteiger partial charge in [0.25, 0.3) is 0 Å². The summed E-state index contributed by atoms with van der Waals surface area (Å²) >= 11 is 5.90. The average Bonchev–Trinajstić information content (AvgIpc) is 3.05. The molecule has 1 atom stereocenters. The summed E-state index contributed by atoms with van der Waals surface area (Å²) in [6.07, 6.45) is -8.96. The molecule has 15 heteroatoms. The number of nitrogens with zero attached hydrogens (tertiary/aromatic N) is 2. The van der Waals surface area contributed by atoms with Crippen LogP contribution in [0.3, 0.4) is 0 Å². The number of benzene rings is 1. The lowest BCUT2D eigenvalue weighted by atomic mass is 9.73. The van der Waals surface area contributed by atoms with E-state index in [0.717, 1.165) is 4.31 Å². The molecule has 0 spiro atoms. The number of nitrogens with one attached hydrogen (secondary N) is 2. The van der Waals surface area contributed by atoms with Crippen LogP contribution in [0.1, 0.15) is 57.9 Å². The number of hydrogen-bond donors (Lipinski definition) is 2. The zero-order valence-electron chi connectivity index (χ0n) is 21.4. The molecule has 2 aliphatic rings. The Morgan fingerprint density at radius 3 is 2.26 bits per heavy atom. The largest absolute Gasteiger partial charge is 0.404 e. The molecule has 1 aliphatic carbocycles. The van der Waals surface area contributed by atoms with Gasteiger partial charge < -0.3 is 10.6 Å².